The molecular formula is C17H27NO4. The normalized spacial score (nSPS) is 12.3. The SMILES string of the molecule is CCOC(=O)c1c(C)ccc(C(C)C)c1OCC(O)CNC. The molecule has 1 rings (SSSR count). The van der Waals surface area contributed by atoms with Crippen LogP contribution in [-0.2, 0) is 4.74 Å². The molecule has 0 aliphatic carbocycles. The zero-order valence-corrected chi connectivity index (χ0v) is 14.1. The Morgan fingerprint density at radius 1 is 1.36 bits per heavy atom. The van der Waals surface area contributed by atoms with Crippen LogP contribution in [-0.4, -0.2) is 44.0 Å². The summed E-state index contributed by atoms with van der Waals surface area (Å²) in [5.74, 6) is 0.328. The summed E-state index contributed by atoms with van der Waals surface area (Å²) in [6, 6.07) is 3.86. The number of ether oxygens (including phenoxy) is 2. The van der Waals surface area contributed by atoms with Crippen molar-refractivity contribution in [3.05, 3.63) is 28.8 Å². The van der Waals surface area contributed by atoms with Gasteiger partial charge in [-0.15, -0.1) is 0 Å². The molecule has 0 amide bonds. The van der Waals surface area contributed by atoms with Crippen molar-refractivity contribution in [3.8, 4) is 5.75 Å². The Labute approximate surface area is 132 Å². The quantitative estimate of drug-likeness (QED) is 0.721. The van der Waals surface area contributed by atoms with Gasteiger partial charge in [0.2, 0.25) is 0 Å². The van der Waals surface area contributed by atoms with Crippen LogP contribution in [0, 0.1) is 6.92 Å². The number of carbonyl (C=O) groups excluding carboxylic acids is 1. The molecule has 0 aliphatic rings. The predicted molar refractivity (Wildman–Crippen MR) is 86.7 cm³/mol. The molecule has 1 aromatic rings. The van der Waals surface area contributed by atoms with E-state index in [-0.39, 0.29) is 18.5 Å². The van der Waals surface area contributed by atoms with Gasteiger partial charge in [0.05, 0.1) is 6.61 Å². The maximum atomic E-state index is 12.3. The summed E-state index contributed by atoms with van der Waals surface area (Å²) in [5, 5.41) is 12.7. The third kappa shape index (κ3) is 4.71. The number of carbonyl (C=O) groups is 1. The van der Waals surface area contributed by atoms with Crippen molar-refractivity contribution in [2.45, 2.75) is 39.7 Å². The van der Waals surface area contributed by atoms with Gasteiger partial charge in [-0.25, -0.2) is 4.79 Å². The number of esters is 1. The molecule has 0 heterocycles. The Balaban J connectivity index is 3.17. The lowest BCUT2D eigenvalue weighted by Gasteiger charge is -2.20. The van der Waals surface area contributed by atoms with E-state index in [4.69, 9.17) is 9.47 Å². The number of hydrogen-bond donors (Lipinski definition) is 2. The fourth-order valence-electron chi connectivity index (χ4n) is 2.24. The summed E-state index contributed by atoms with van der Waals surface area (Å²) in [5.41, 5.74) is 2.19. The lowest BCUT2D eigenvalue weighted by Crippen LogP contribution is -2.29. The zero-order valence-electron chi connectivity index (χ0n) is 14.1. The minimum absolute atomic E-state index is 0.121. The number of aryl methyl sites for hydroxylation is 1. The van der Waals surface area contributed by atoms with E-state index in [2.05, 4.69) is 5.32 Å². The summed E-state index contributed by atoms with van der Waals surface area (Å²) in [6.45, 7) is 8.57. The molecule has 1 atom stereocenters. The Hall–Kier alpha value is -1.59. The van der Waals surface area contributed by atoms with Crippen molar-refractivity contribution in [1.29, 1.82) is 0 Å². The molecule has 2 N–H and O–H groups in total. The van der Waals surface area contributed by atoms with Gasteiger partial charge >= 0.3 is 5.97 Å². The van der Waals surface area contributed by atoms with E-state index in [1.54, 1.807) is 14.0 Å². The van der Waals surface area contributed by atoms with Crippen LogP contribution in [0.25, 0.3) is 0 Å². The van der Waals surface area contributed by atoms with Crippen LogP contribution in [0.2, 0.25) is 0 Å². The molecular weight excluding hydrogens is 282 g/mol. The molecule has 5 nitrogen and oxygen atoms in total. The van der Waals surface area contributed by atoms with Gasteiger partial charge in [0, 0.05) is 6.54 Å². The summed E-state index contributed by atoms with van der Waals surface area (Å²) < 4.78 is 10.9. The van der Waals surface area contributed by atoms with E-state index in [9.17, 15) is 9.90 Å². The first kappa shape index (κ1) is 18.5. The number of rotatable bonds is 8. The van der Waals surface area contributed by atoms with Crippen molar-refractivity contribution in [3.63, 3.8) is 0 Å². The van der Waals surface area contributed by atoms with Crippen LogP contribution in [0.4, 0.5) is 0 Å². The molecule has 22 heavy (non-hydrogen) atoms. The average molecular weight is 309 g/mol. The lowest BCUT2D eigenvalue weighted by molar-refractivity contribution is 0.0514. The van der Waals surface area contributed by atoms with E-state index < -0.39 is 6.10 Å². The van der Waals surface area contributed by atoms with Crippen molar-refractivity contribution in [1.82, 2.24) is 5.32 Å². The molecule has 0 spiro atoms. The van der Waals surface area contributed by atoms with Crippen molar-refractivity contribution in [2.75, 3.05) is 26.8 Å². The largest absolute Gasteiger partial charge is 0.490 e. The Morgan fingerprint density at radius 3 is 2.59 bits per heavy atom. The summed E-state index contributed by atoms with van der Waals surface area (Å²) in [6.07, 6.45) is -0.638. The number of aliphatic hydroxyl groups excluding tert-OH is 1. The highest BCUT2D eigenvalue weighted by atomic mass is 16.5. The van der Waals surface area contributed by atoms with Crippen molar-refractivity contribution >= 4 is 5.97 Å². The average Bonchev–Trinajstić information content (AvgIpc) is 2.45. The topological polar surface area (TPSA) is 67.8 Å². The smallest absolute Gasteiger partial charge is 0.342 e. The Bertz CT molecular complexity index is 500. The van der Waals surface area contributed by atoms with Gasteiger partial charge in [-0.2, -0.15) is 0 Å². The van der Waals surface area contributed by atoms with Crippen LogP contribution < -0.4 is 10.1 Å². The number of hydrogen-bond acceptors (Lipinski definition) is 5. The Morgan fingerprint density at radius 2 is 2.05 bits per heavy atom. The lowest BCUT2D eigenvalue weighted by atomic mass is 9.96. The van der Waals surface area contributed by atoms with Crippen LogP contribution in [0.3, 0.4) is 0 Å². The van der Waals surface area contributed by atoms with E-state index in [1.807, 2.05) is 32.9 Å². The molecule has 0 saturated heterocycles. The maximum absolute atomic E-state index is 12.3. The number of nitrogens with one attached hydrogen (secondary N) is 1. The molecule has 124 valence electrons. The molecule has 5 heteroatoms. The van der Waals surface area contributed by atoms with E-state index in [0.717, 1.165) is 11.1 Å². The molecule has 0 fully saturated rings. The van der Waals surface area contributed by atoms with Crippen molar-refractivity contribution in [2.24, 2.45) is 0 Å². The van der Waals surface area contributed by atoms with Gasteiger partial charge in [0.25, 0.3) is 0 Å². The molecule has 1 aromatic carbocycles. The molecule has 0 aromatic heterocycles. The molecule has 0 aliphatic heterocycles. The highest BCUT2D eigenvalue weighted by Gasteiger charge is 2.22. The fourth-order valence-corrected chi connectivity index (χ4v) is 2.24. The number of aliphatic hydroxyl groups is 1. The molecule has 0 radical (unpaired) electrons. The second kappa shape index (κ2) is 8.76. The first-order chi connectivity index (χ1) is 10.4. The monoisotopic (exact) mass is 309 g/mol. The van der Waals surface area contributed by atoms with Gasteiger partial charge < -0.3 is 19.9 Å². The summed E-state index contributed by atoms with van der Waals surface area (Å²) >= 11 is 0. The highest BCUT2D eigenvalue weighted by molar-refractivity contribution is 5.94. The summed E-state index contributed by atoms with van der Waals surface area (Å²) in [4.78, 5) is 12.3. The number of benzene rings is 1. The standard InChI is InChI=1S/C17H27NO4/c1-6-21-17(20)15-12(4)7-8-14(11(2)3)16(15)22-10-13(19)9-18-5/h7-8,11,13,18-19H,6,9-10H2,1-5H3. The Kier molecular flexibility index (Phi) is 7.35. The van der Waals surface area contributed by atoms with E-state index >= 15 is 0 Å². The van der Waals surface area contributed by atoms with Crippen LogP contribution in [0.15, 0.2) is 12.1 Å². The van der Waals surface area contributed by atoms with Crippen LogP contribution in [0.1, 0.15) is 48.2 Å². The number of likely N-dealkylation sites (N-methyl/N-ethyl adjacent to an activating group) is 1. The minimum atomic E-state index is -0.638. The minimum Gasteiger partial charge on any atom is -0.490 e. The van der Waals surface area contributed by atoms with Gasteiger partial charge in [0.1, 0.15) is 24.0 Å². The van der Waals surface area contributed by atoms with Gasteiger partial charge in [0.15, 0.2) is 0 Å². The van der Waals surface area contributed by atoms with Gasteiger partial charge in [-0.3, -0.25) is 0 Å². The third-order valence-electron chi connectivity index (χ3n) is 3.36. The van der Waals surface area contributed by atoms with Gasteiger partial charge in [-0.05, 0) is 37.9 Å². The van der Waals surface area contributed by atoms with Crippen LogP contribution in [0.5, 0.6) is 5.75 Å². The second-order valence-electron chi connectivity index (χ2n) is 5.57. The van der Waals surface area contributed by atoms with Gasteiger partial charge in [-0.1, -0.05) is 26.0 Å². The van der Waals surface area contributed by atoms with E-state index in [0.29, 0.717) is 24.5 Å². The first-order valence-corrected chi connectivity index (χ1v) is 7.68. The predicted octanol–water partition coefficient (Wildman–Crippen LogP) is 2.25. The highest BCUT2D eigenvalue weighted by Crippen LogP contribution is 2.33. The maximum Gasteiger partial charge on any atom is 0.342 e. The molecule has 1 unspecified atom stereocenters. The first-order valence-electron chi connectivity index (χ1n) is 7.68. The van der Waals surface area contributed by atoms with Crippen molar-refractivity contribution < 1.29 is 19.4 Å². The molecule has 0 saturated carbocycles. The zero-order chi connectivity index (χ0) is 16.7. The van der Waals surface area contributed by atoms with Crippen LogP contribution >= 0.6 is 0 Å². The van der Waals surface area contributed by atoms with E-state index in [1.165, 1.54) is 0 Å². The second-order valence-corrected chi connectivity index (χ2v) is 5.57. The third-order valence-corrected chi connectivity index (χ3v) is 3.36. The summed E-state index contributed by atoms with van der Waals surface area (Å²) in [7, 11) is 1.76. The fraction of sp³-hybridized carbons (Fsp3) is 0.588. The molecule has 0 bridgehead atoms.